The van der Waals surface area contributed by atoms with Crippen LogP contribution in [0.15, 0.2) is 42.7 Å². The van der Waals surface area contributed by atoms with Gasteiger partial charge in [-0.1, -0.05) is 6.07 Å². The van der Waals surface area contributed by atoms with Gasteiger partial charge in [-0.25, -0.2) is 0 Å². The summed E-state index contributed by atoms with van der Waals surface area (Å²) in [6, 6.07) is 9.90. The third-order valence-electron chi connectivity index (χ3n) is 6.13. The van der Waals surface area contributed by atoms with Crippen LogP contribution in [-0.4, -0.2) is 70.3 Å². The number of aromatic nitrogens is 2. The van der Waals surface area contributed by atoms with Crippen LogP contribution in [0.25, 0.3) is 0 Å². The summed E-state index contributed by atoms with van der Waals surface area (Å²) in [6.07, 6.45) is 6.04. The molecule has 0 spiro atoms. The number of carbonyl (C=O) groups is 2. The molecule has 0 saturated carbocycles. The van der Waals surface area contributed by atoms with Crippen molar-refractivity contribution in [1.29, 1.82) is 0 Å². The molecule has 164 valence electrons. The first-order valence-electron chi connectivity index (χ1n) is 10.9. The first-order valence-corrected chi connectivity index (χ1v) is 10.9. The van der Waals surface area contributed by atoms with E-state index < -0.39 is 0 Å². The number of rotatable bonds is 5. The Morgan fingerprint density at radius 2 is 1.94 bits per heavy atom. The molecule has 0 aliphatic carbocycles. The van der Waals surface area contributed by atoms with Gasteiger partial charge >= 0.3 is 0 Å². The Bertz CT molecular complexity index is 896. The smallest absolute Gasteiger partial charge is 0.272 e. The monoisotopic (exact) mass is 422 g/mol. The van der Waals surface area contributed by atoms with Gasteiger partial charge in [0.05, 0.1) is 5.56 Å². The van der Waals surface area contributed by atoms with E-state index in [0.29, 0.717) is 42.9 Å². The lowest BCUT2D eigenvalue weighted by Crippen LogP contribution is -2.41. The molecule has 2 aliphatic rings. The van der Waals surface area contributed by atoms with Crippen molar-refractivity contribution in [2.75, 3.05) is 26.7 Å². The van der Waals surface area contributed by atoms with E-state index >= 15 is 0 Å². The molecule has 31 heavy (non-hydrogen) atoms. The van der Waals surface area contributed by atoms with Gasteiger partial charge < -0.3 is 9.80 Å². The van der Waals surface area contributed by atoms with Crippen LogP contribution in [0.5, 0.6) is 0 Å². The van der Waals surface area contributed by atoms with Gasteiger partial charge in [-0.3, -0.25) is 30.4 Å². The van der Waals surface area contributed by atoms with E-state index in [1.54, 1.807) is 23.4 Å². The van der Waals surface area contributed by atoms with Gasteiger partial charge in [0.15, 0.2) is 0 Å². The average Bonchev–Trinajstić information content (AvgIpc) is 3.23. The van der Waals surface area contributed by atoms with Crippen LogP contribution in [0.2, 0.25) is 0 Å². The SMILES string of the molecule is CC1CC(CN(C)C(=O)c2ccc(C3CCN(C(=O)c4ccccn4)CC3)nc2)NN1. The Labute approximate surface area is 183 Å². The van der Waals surface area contributed by atoms with Gasteiger partial charge in [-0.2, -0.15) is 0 Å². The molecule has 0 radical (unpaired) electrons. The summed E-state index contributed by atoms with van der Waals surface area (Å²) < 4.78 is 0. The fourth-order valence-corrected chi connectivity index (χ4v) is 4.36. The lowest BCUT2D eigenvalue weighted by Gasteiger charge is -2.31. The highest BCUT2D eigenvalue weighted by Crippen LogP contribution is 2.27. The first kappa shape index (κ1) is 21.4. The molecule has 2 unspecified atom stereocenters. The molecule has 4 heterocycles. The summed E-state index contributed by atoms with van der Waals surface area (Å²) in [4.78, 5) is 37.7. The van der Waals surface area contributed by atoms with Crippen LogP contribution >= 0.6 is 0 Å². The number of nitrogens with zero attached hydrogens (tertiary/aromatic N) is 4. The second-order valence-electron chi connectivity index (χ2n) is 8.56. The molecule has 4 rings (SSSR count). The zero-order chi connectivity index (χ0) is 21.8. The van der Waals surface area contributed by atoms with Crippen molar-refractivity contribution >= 4 is 11.8 Å². The van der Waals surface area contributed by atoms with Crippen molar-refractivity contribution in [3.8, 4) is 0 Å². The van der Waals surface area contributed by atoms with Gasteiger partial charge in [0.1, 0.15) is 5.69 Å². The van der Waals surface area contributed by atoms with Gasteiger partial charge in [0, 0.05) is 62.8 Å². The Morgan fingerprint density at radius 3 is 2.55 bits per heavy atom. The predicted molar refractivity (Wildman–Crippen MR) is 117 cm³/mol. The standard InChI is InChI=1S/C23H30N6O2/c1-16-13-19(27-26-16)15-28(2)22(30)18-6-7-20(25-14-18)17-8-11-29(12-9-17)23(31)21-5-3-4-10-24-21/h3-7,10,14,16-17,19,26-27H,8-9,11-13,15H2,1-2H3. The molecule has 2 fully saturated rings. The third kappa shape index (κ3) is 5.08. The molecule has 2 aromatic rings. The van der Waals surface area contributed by atoms with Crippen molar-refractivity contribution in [2.45, 2.75) is 44.2 Å². The van der Waals surface area contributed by atoms with E-state index in [4.69, 9.17) is 0 Å². The zero-order valence-corrected chi connectivity index (χ0v) is 18.1. The van der Waals surface area contributed by atoms with Crippen LogP contribution in [0, 0.1) is 0 Å². The normalized spacial score (nSPS) is 21.8. The highest BCUT2D eigenvalue weighted by atomic mass is 16.2. The number of hydrogen-bond acceptors (Lipinski definition) is 6. The number of nitrogens with one attached hydrogen (secondary N) is 2. The third-order valence-corrected chi connectivity index (χ3v) is 6.13. The van der Waals surface area contributed by atoms with E-state index in [1.165, 1.54) is 0 Å². The fraction of sp³-hybridized carbons (Fsp3) is 0.478. The summed E-state index contributed by atoms with van der Waals surface area (Å²) in [6.45, 7) is 4.15. The minimum Gasteiger partial charge on any atom is -0.340 e. The molecule has 2 amide bonds. The molecular weight excluding hydrogens is 392 g/mol. The number of hydrazine groups is 1. The predicted octanol–water partition coefficient (Wildman–Crippen LogP) is 1.82. The molecule has 2 aromatic heterocycles. The van der Waals surface area contributed by atoms with Crippen LogP contribution in [0.4, 0.5) is 0 Å². The van der Waals surface area contributed by atoms with Crippen molar-refractivity contribution in [1.82, 2.24) is 30.6 Å². The molecule has 2 saturated heterocycles. The largest absolute Gasteiger partial charge is 0.340 e. The van der Waals surface area contributed by atoms with Crippen molar-refractivity contribution in [3.63, 3.8) is 0 Å². The average molecular weight is 423 g/mol. The molecule has 0 aromatic carbocycles. The minimum absolute atomic E-state index is 0.0164. The highest BCUT2D eigenvalue weighted by molar-refractivity contribution is 5.94. The maximum atomic E-state index is 12.7. The number of amides is 2. The van der Waals surface area contributed by atoms with E-state index in [-0.39, 0.29) is 17.9 Å². The van der Waals surface area contributed by atoms with Gasteiger partial charge in [-0.05, 0) is 50.5 Å². The topological polar surface area (TPSA) is 90.5 Å². The van der Waals surface area contributed by atoms with Crippen LogP contribution in [0.1, 0.15) is 58.6 Å². The first-order chi connectivity index (χ1) is 15.0. The van der Waals surface area contributed by atoms with Crippen LogP contribution < -0.4 is 10.9 Å². The second-order valence-corrected chi connectivity index (χ2v) is 8.56. The lowest BCUT2D eigenvalue weighted by atomic mass is 9.92. The van der Waals surface area contributed by atoms with Crippen molar-refractivity contribution in [3.05, 3.63) is 59.7 Å². The Kier molecular flexibility index (Phi) is 6.58. The molecule has 2 atom stereocenters. The number of likely N-dealkylation sites (N-methyl/N-ethyl adjacent to an activating group) is 1. The maximum Gasteiger partial charge on any atom is 0.272 e. The Balaban J connectivity index is 1.30. The summed E-state index contributed by atoms with van der Waals surface area (Å²) in [5.74, 6) is 0.262. The molecule has 8 heteroatoms. The lowest BCUT2D eigenvalue weighted by molar-refractivity contribution is 0.0705. The Hall–Kier alpha value is -2.84. The molecule has 2 aliphatic heterocycles. The van der Waals surface area contributed by atoms with Crippen LogP contribution in [0.3, 0.4) is 0 Å². The van der Waals surface area contributed by atoms with E-state index in [1.807, 2.05) is 36.2 Å². The Morgan fingerprint density at radius 1 is 1.13 bits per heavy atom. The summed E-state index contributed by atoms with van der Waals surface area (Å²) in [5, 5.41) is 0. The molecule has 0 bridgehead atoms. The van der Waals surface area contributed by atoms with Crippen molar-refractivity contribution < 1.29 is 9.59 Å². The zero-order valence-electron chi connectivity index (χ0n) is 18.1. The van der Waals surface area contributed by atoms with E-state index in [0.717, 1.165) is 25.0 Å². The number of likely N-dealkylation sites (tertiary alicyclic amines) is 1. The fourth-order valence-electron chi connectivity index (χ4n) is 4.36. The number of hydrogen-bond donors (Lipinski definition) is 2. The summed E-state index contributed by atoms with van der Waals surface area (Å²) in [7, 11) is 1.83. The highest BCUT2D eigenvalue weighted by Gasteiger charge is 2.27. The minimum atomic E-state index is -0.0174. The van der Waals surface area contributed by atoms with E-state index in [9.17, 15) is 9.59 Å². The number of pyridine rings is 2. The van der Waals surface area contributed by atoms with E-state index in [2.05, 4.69) is 27.7 Å². The van der Waals surface area contributed by atoms with Crippen LogP contribution in [-0.2, 0) is 0 Å². The van der Waals surface area contributed by atoms with Crippen molar-refractivity contribution in [2.24, 2.45) is 0 Å². The molecular formula is C23H30N6O2. The number of piperidine rings is 1. The quantitative estimate of drug-likeness (QED) is 0.764. The maximum absolute atomic E-state index is 12.7. The number of carbonyl (C=O) groups excluding carboxylic acids is 2. The summed E-state index contributed by atoms with van der Waals surface area (Å²) in [5.41, 5.74) is 8.49. The second kappa shape index (κ2) is 9.53. The van der Waals surface area contributed by atoms with Gasteiger partial charge in [0.25, 0.3) is 11.8 Å². The van der Waals surface area contributed by atoms with Gasteiger partial charge in [0.2, 0.25) is 0 Å². The van der Waals surface area contributed by atoms with Gasteiger partial charge in [-0.15, -0.1) is 0 Å². The molecule has 8 nitrogen and oxygen atoms in total. The summed E-state index contributed by atoms with van der Waals surface area (Å²) >= 11 is 0. The molecule has 2 N–H and O–H groups in total.